The van der Waals surface area contributed by atoms with Crippen LogP contribution in [0.1, 0.15) is 19.8 Å². The molecule has 6 heteroatoms. The summed E-state index contributed by atoms with van der Waals surface area (Å²) in [5.41, 5.74) is 1.78. The molecule has 102 valence electrons. The molecule has 2 aromatic rings. The molecule has 2 heterocycles. The third-order valence-corrected chi connectivity index (χ3v) is 4.37. The first-order valence-corrected chi connectivity index (χ1v) is 7.31. The van der Waals surface area contributed by atoms with E-state index >= 15 is 0 Å². The molecule has 0 saturated heterocycles. The standard InChI is InChI=1S/C13H17ClN4S/c1-8(17(2)10-3-4-10)7-18-12-11(16-13(18)19)5-9(14)6-15-12/h5-6,8,10H,3-4,7H2,1-2H3,(H,16,19). The second-order valence-corrected chi connectivity index (χ2v) is 6.13. The summed E-state index contributed by atoms with van der Waals surface area (Å²) in [6, 6.07) is 3.05. The van der Waals surface area contributed by atoms with Crippen LogP contribution >= 0.6 is 23.8 Å². The molecule has 2 aromatic heterocycles. The van der Waals surface area contributed by atoms with E-state index in [1.165, 1.54) is 12.8 Å². The predicted octanol–water partition coefficient (Wildman–Crippen LogP) is 3.23. The lowest BCUT2D eigenvalue weighted by Gasteiger charge is -2.24. The van der Waals surface area contributed by atoms with E-state index < -0.39 is 0 Å². The van der Waals surface area contributed by atoms with Crippen LogP contribution < -0.4 is 0 Å². The van der Waals surface area contributed by atoms with Crippen LogP contribution in [0.2, 0.25) is 5.02 Å². The van der Waals surface area contributed by atoms with Crippen LogP contribution in [0, 0.1) is 4.77 Å². The number of imidazole rings is 1. The second-order valence-electron chi connectivity index (χ2n) is 5.31. The molecule has 0 aliphatic heterocycles. The van der Waals surface area contributed by atoms with Gasteiger partial charge < -0.3 is 4.98 Å². The minimum absolute atomic E-state index is 0.440. The number of rotatable bonds is 4. The number of hydrogen-bond acceptors (Lipinski definition) is 3. The van der Waals surface area contributed by atoms with E-state index in [0.29, 0.717) is 15.8 Å². The Kier molecular flexibility index (Phi) is 3.37. The Morgan fingerprint density at radius 1 is 1.63 bits per heavy atom. The summed E-state index contributed by atoms with van der Waals surface area (Å²) in [6.07, 6.45) is 4.29. The Hall–Kier alpha value is -0.910. The van der Waals surface area contributed by atoms with Gasteiger partial charge in [-0.1, -0.05) is 11.6 Å². The minimum atomic E-state index is 0.440. The van der Waals surface area contributed by atoms with E-state index in [9.17, 15) is 0 Å². The lowest BCUT2D eigenvalue weighted by Crippen LogP contribution is -2.34. The molecule has 1 aliphatic rings. The molecule has 19 heavy (non-hydrogen) atoms. The molecule has 0 amide bonds. The van der Waals surface area contributed by atoms with E-state index in [2.05, 4.69) is 33.4 Å². The molecule has 1 fully saturated rings. The zero-order chi connectivity index (χ0) is 13.6. The van der Waals surface area contributed by atoms with Crippen molar-refractivity contribution < 1.29 is 0 Å². The van der Waals surface area contributed by atoms with Gasteiger partial charge in [0.1, 0.15) is 0 Å². The van der Waals surface area contributed by atoms with Crippen molar-refractivity contribution >= 4 is 35.0 Å². The van der Waals surface area contributed by atoms with Gasteiger partial charge in [0.15, 0.2) is 10.4 Å². The van der Waals surface area contributed by atoms with Crippen molar-refractivity contribution in [3.8, 4) is 0 Å². The monoisotopic (exact) mass is 296 g/mol. The van der Waals surface area contributed by atoms with Crippen LogP contribution in [-0.4, -0.2) is 38.6 Å². The minimum Gasteiger partial charge on any atom is -0.329 e. The first-order chi connectivity index (χ1) is 9.06. The maximum Gasteiger partial charge on any atom is 0.179 e. The van der Waals surface area contributed by atoms with Crippen LogP contribution in [0.3, 0.4) is 0 Å². The molecule has 0 spiro atoms. The zero-order valence-corrected chi connectivity index (χ0v) is 12.6. The number of H-pyrrole nitrogens is 1. The molecule has 0 aromatic carbocycles. The quantitative estimate of drug-likeness (QED) is 0.880. The summed E-state index contributed by atoms with van der Waals surface area (Å²) in [7, 11) is 2.19. The molecule has 1 aliphatic carbocycles. The van der Waals surface area contributed by atoms with E-state index in [1.54, 1.807) is 6.20 Å². The fourth-order valence-corrected chi connectivity index (χ4v) is 2.85. The molecular formula is C13H17ClN4S. The van der Waals surface area contributed by atoms with Crippen LogP contribution in [0.4, 0.5) is 0 Å². The van der Waals surface area contributed by atoms with Crippen LogP contribution in [0.5, 0.6) is 0 Å². The van der Waals surface area contributed by atoms with Crippen molar-refractivity contribution in [2.75, 3.05) is 7.05 Å². The van der Waals surface area contributed by atoms with Gasteiger partial charge in [-0.3, -0.25) is 9.47 Å². The van der Waals surface area contributed by atoms with Crippen molar-refractivity contribution in [2.45, 2.75) is 38.4 Å². The van der Waals surface area contributed by atoms with Gasteiger partial charge in [-0.05, 0) is 45.1 Å². The summed E-state index contributed by atoms with van der Waals surface area (Å²) in [5, 5.41) is 0.624. The normalized spacial score (nSPS) is 17.3. The number of nitrogens with zero attached hydrogens (tertiary/aromatic N) is 3. The van der Waals surface area contributed by atoms with Gasteiger partial charge in [0.25, 0.3) is 0 Å². The van der Waals surface area contributed by atoms with Crippen LogP contribution in [0.25, 0.3) is 11.2 Å². The topological polar surface area (TPSA) is 36.9 Å². The summed E-state index contributed by atoms with van der Waals surface area (Å²) in [4.78, 5) is 9.99. The van der Waals surface area contributed by atoms with Crippen molar-refractivity contribution in [1.29, 1.82) is 0 Å². The molecule has 1 saturated carbocycles. The summed E-state index contributed by atoms with van der Waals surface area (Å²) in [5.74, 6) is 0. The highest BCUT2D eigenvalue weighted by atomic mass is 35.5. The number of aromatic nitrogens is 3. The smallest absolute Gasteiger partial charge is 0.179 e. The Bertz CT molecular complexity index is 658. The van der Waals surface area contributed by atoms with Crippen LogP contribution in [0.15, 0.2) is 12.3 Å². The highest BCUT2D eigenvalue weighted by molar-refractivity contribution is 7.71. The first-order valence-electron chi connectivity index (χ1n) is 6.52. The van der Waals surface area contributed by atoms with Gasteiger partial charge in [0, 0.05) is 24.8 Å². The molecule has 1 atom stereocenters. The van der Waals surface area contributed by atoms with Gasteiger partial charge in [-0.2, -0.15) is 0 Å². The van der Waals surface area contributed by atoms with Gasteiger partial charge in [-0.15, -0.1) is 0 Å². The number of nitrogens with one attached hydrogen (secondary N) is 1. The number of aromatic amines is 1. The fraction of sp³-hybridized carbons (Fsp3) is 0.538. The third kappa shape index (κ3) is 2.55. The van der Waals surface area contributed by atoms with Crippen molar-refractivity contribution in [1.82, 2.24) is 19.4 Å². The van der Waals surface area contributed by atoms with Gasteiger partial charge >= 0.3 is 0 Å². The molecule has 4 nitrogen and oxygen atoms in total. The van der Waals surface area contributed by atoms with E-state index in [-0.39, 0.29) is 0 Å². The predicted molar refractivity (Wildman–Crippen MR) is 80.2 cm³/mol. The average molecular weight is 297 g/mol. The van der Waals surface area contributed by atoms with Gasteiger partial charge in [-0.25, -0.2) is 4.98 Å². The number of halogens is 1. The lowest BCUT2D eigenvalue weighted by atomic mass is 10.3. The molecule has 1 N–H and O–H groups in total. The van der Waals surface area contributed by atoms with Crippen molar-refractivity contribution in [2.24, 2.45) is 0 Å². The third-order valence-electron chi connectivity index (χ3n) is 3.84. The largest absolute Gasteiger partial charge is 0.329 e. The van der Waals surface area contributed by atoms with Crippen molar-refractivity contribution in [3.63, 3.8) is 0 Å². The summed E-state index contributed by atoms with van der Waals surface area (Å²) in [6.45, 7) is 3.08. The molecule has 0 radical (unpaired) electrons. The van der Waals surface area contributed by atoms with E-state index in [1.807, 2.05) is 6.07 Å². The number of likely N-dealkylation sites (N-methyl/N-ethyl adjacent to an activating group) is 1. The molecule has 0 bridgehead atoms. The second kappa shape index (κ2) is 4.89. The highest BCUT2D eigenvalue weighted by Gasteiger charge is 2.29. The highest BCUT2D eigenvalue weighted by Crippen LogP contribution is 2.27. The molecule has 1 unspecified atom stereocenters. The Labute approximate surface area is 122 Å². The maximum absolute atomic E-state index is 5.95. The fourth-order valence-electron chi connectivity index (χ4n) is 2.42. The zero-order valence-electron chi connectivity index (χ0n) is 11.1. The van der Waals surface area contributed by atoms with E-state index in [4.69, 9.17) is 23.8 Å². The lowest BCUT2D eigenvalue weighted by molar-refractivity contribution is 0.226. The SMILES string of the molecule is CC(Cn1c(=S)[nH]c2cc(Cl)cnc21)N(C)C1CC1. The Balaban J connectivity index is 1.91. The Morgan fingerprint density at radius 2 is 2.37 bits per heavy atom. The number of pyridine rings is 1. The van der Waals surface area contributed by atoms with E-state index in [0.717, 1.165) is 23.8 Å². The summed E-state index contributed by atoms with van der Waals surface area (Å²) >= 11 is 11.3. The van der Waals surface area contributed by atoms with Gasteiger partial charge in [0.05, 0.1) is 10.5 Å². The average Bonchev–Trinajstić information content (AvgIpc) is 3.15. The number of fused-ring (bicyclic) bond motifs is 1. The summed E-state index contributed by atoms with van der Waals surface area (Å²) < 4.78 is 2.77. The van der Waals surface area contributed by atoms with Crippen LogP contribution in [-0.2, 0) is 6.54 Å². The Morgan fingerprint density at radius 3 is 3.05 bits per heavy atom. The van der Waals surface area contributed by atoms with Crippen molar-refractivity contribution in [3.05, 3.63) is 22.1 Å². The maximum atomic E-state index is 5.95. The molecular weight excluding hydrogens is 280 g/mol. The van der Waals surface area contributed by atoms with Gasteiger partial charge in [0.2, 0.25) is 0 Å². The number of hydrogen-bond donors (Lipinski definition) is 1. The molecule has 3 rings (SSSR count). The first kappa shape index (κ1) is 13.1.